The van der Waals surface area contributed by atoms with Crippen LogP contribution in [-0.2, 0) is 4.74 Å². The highest BCUT2D eigenvalue weighted by Crippen LogP contribution is 2.18. The third-order valence-corrected chi connectivity index (χ3v) is 1.50. The average molecular weight is 182 g/mol. The molecule has 0 aromatic carbocycles. The van der Waals surface area contributed by atoms with Crippen LogP contribution in [0, 0.1) is 0 Å². The third-order valence-electron chi connectivity index (χ3n) is 1.50. The Kier molecular flexibility index (Phi) is 3.61. The van der Waals surface area contributed by atoms with E-state index in [1.165, 1.54) is 0 Å². The van der Waals surface area contributed by atoms with Crippen molar-refractivity contribution >= 4 is 0 Å². The number of allylic oxidation sites excluding steroid dienone is 1. The Morgan fingerprint density at radius 3 is 2.08 bits per heavy atom. The Morgan fingerprint density at radius 1 is 1.25 bits per heavy atom. The van der Waals surface area contributed by atoms with E-state index in [9.17, 15) is 13.2 Å². The van der Waals surface area contributed by atoms with Crippen LogP contribution >= 0.6 is 0 Å². The molecule has 1 nitrogen and oxygen atoms in total. The second kappa shape index (κ2) is 3.83. The van der Waals surface area contributed by atoms with Crippen molar-refractivity contribution in [1.82, 2.24) is 0 Å². The normalized spacial score (nSPS) is 13.8. The summed E-state index contributed by atoms with van der Waals surface area (Å²) in [7, 11) is 0. The predicted molar refractivity (Wildman–Crippen MR) is 40.7 cm³/mol. The van der Waals surface area contributed by atoms with Gasteiger partial charge in [0.25, 0.3) is 0 Å². The van der Waals surface area contributed by atoms with E-state index >= 15 is 0 Å². The fraction of sp³-hybridized carbons (Fsp3) is 0.750. The molecular weight excluding hydrogens is 169 g/mol. The Bertz CT molecular complexity index is 158. The van der Waals surface area contributed by atoms with Crippen molar-refractivity contribution in [1.29, 1.82) is 0 Å². The van der Waals surface area contributed by atoms with Crippen molar-refractivity contribution in [2.45, 2.75) is 39.0 Å². The van der Waals surface area contributed by atoms with E-state index in [1.807, 2.05) is 6.92 Å². The van der Waals surface area contributed by atoms with Gasteiger partial charge in [-0.15, -0.1) is 0 Å². The number of hydrogen-bond donors (Lipinski definition) is 0. The summed E-state index contributed by atoms with van der Waals surface area (Å²) in [5.74, 6) is 0. The maximum atomic E-state index is 11.6. The SMILES string of the molecule is CCC(C)(C)O/C=C\C(F)(F)F. The van der Waals surface area contributed by atoms with Crippen LogP contribution in [0.5, 0.6) is 0 Å². The second-order valence-corrected chi connectivity index (χ2v) is 3.08. The van der Waals surface area contributed by atoms with Crippen LogP contribution in [0.25, 0.3) is 0 Å². The lowest BCUT2D eigenvalue weighted by atomic mass is 10.1. The molecule has 0 heterocycles. The van der Waals surface area contributed by atoms with Crippen LogP contribution in [0.4, 0.5) is 13.2 Å². The first kappa shape index (κ1) is 11.3. The zero-order valence-corrected chi connectivity index (χ0v) is 7.40. The van der Waals surface area contributed by atoms with E-state index in [2.05, 4.69) is 0 Å². The molecule has 0 rings (SSSR count). The van der Waals surface area contributed by atoms with Gasteiger partial charge in [0.15, 0.2) is 0 Å². The van der Waals surface area contributed by atoms with E-state index in [0.29, 0.717) is 12.7 Å². The minimum absolute atomic E-state index is 0.0877. The molecule has 72 valence electrons. The minimum Gasteiger partial charge on any atom is -0.495 e. The zero-order chi connectivity index (χ0) is 9.83. The van der Waals surface area contributed by atoms with Gasteiger partial charge in [-0.2, -0.15) is 13.2 Å². The number of halogens is 3. The summed E-state index contributed by atoms with van der Waals surface area (Å²) < 4.78 is 39.6. The second-order valence-electron chi connectivity index (χ2n) is 3.08. The molecule has 0 amide bonds. The monoisotopic (exact) mass is 182 g/mol. The fourth-order valence-corrected chi connectivity index (χ4v) is 0.379. The summed E-state index contributed by atoms with van der Waals surface area (Å²) in [5.41, 5.74) is -0.526. The Hall–Kier alpha value is -0.670. The highest BCUT2D eigenvalue weighted by molar-refractivity contribution is 4.84. The quantitative estimate of drug-likeness (QED) is 0.608. The van der Waals surface area contributed by atoms with Gasteiger partial charge in [0.05, 0.1) is 12.3 Å². The Labute approximate surface area is 70.2 Å². The molecule has 0 aromatic heterocycles. The van der Waals surface area contributed by atoms with E-state index in [0.717, 1.165) is 0 Å². The molecule has 0 unspecified atom stereocenters. The van der Waals surface area contributed by atoms with Crippen molar-refractivity contribution < 1.29 is 17.9 Å². The van der Waals surface area contributed by atoms with Crippen molar-refractivity contribution in [2.75, 3.05) is 0 Å². The van der Waals surface area contributed by atoms with Crippen LogP contribution in [-0.4, -0.2) is 11.8 Å². The molecule has 0 saturated carbocycles. The summed E-state index contributed by atoms with van der Waals surface area (Å²) in [6.07, 6.45) is -2.84. The summed E-state index contributed by atoms with van der Waals surface area (Å²) in [5, 5.41) is 0. The first-order valence-corrected chi connectivity index (χ1v) is 3.69. The van der Waals surface area contributed by atoms with Gasteiger partial charge in [-0.25, -0.2) is 0 Å². The molecule has 0 bridgehead atoms. The standard InChI is InChI=1S/C8H13F3O/c1-4-7(2,3)12-6-5-8(9,10)11/h5-6H,4H2,1-3H3/b6-5-. The Balaban J connectivity index is 3.91. The molecule has 0 aliphatic rings. The zero-order valence-electron chi connectivity index (χ0n) is 7.40. The lowest BCUT2D eigenvalue weighted by molar-refractivity contribution is -0.0833. The van der Waals surface area contributed by atoms with E-state index in [1.54, 1.807) is 13.8 Å². The molecule has 0 spiro atoms. The van der Waals surface area contributed by atoms with E-state index in [4.69, 9.17) is 4.74 Å². The topological polar surface area (TPSA) is 9.23 Å². The molecule has 0 saturated heterocycles. The van der Waals surface area contributed by atoms with Crippen LogP contribution < -0.4 is 0 Å². The lowest BCUT2D eigenvalue weighted by Gasteiger charge is -2.21. The maximum Gasteiger partial charge on any atom is 0.412 e. The molecule has 0 aliphatic heterocycles. The van der Waals surface area contributed by atoms with Crippen LogP contribution in [0.3, 0.4) is 0 Å². The molecular formula is C8H13F3O. The number of alkyl halides is 3. The smallest absolute Gasteiger partial charge is 0.412 e. The van der Waals surface area contributed by atoms with Crippen molar-refractivity contribution in [3.8, 4) is 0 Å². The van der Waals surface area contributed by atoms with Crippen LogP contribution in [0.1, 0.15) is 27.2 Å². The predicted octanol–water partition coefficient (Wildman–Crippen LogP) is 3.27. The summed E-state index contributed by atoms with van der Waals surface area (Å²) in [6, 6.07) is 0. The average Bonchev–Trinajstić information content (AvgIpc) is 1.84. The maximum absolute atomic E-state index is 11.6. The van der Waals surface area contributed by atoms with Gasteiger partial charge >= 0.3 is 6.18 Å². The molecule has 0 N–H and O–H groups in total. The number of rotatable bonds is 3. The van der Waals surface area contributed by atoms with Crippen molar-refractivity contribution in [3.63, 3.8) is 0 Å². The minimum atomic E-state index is -4.29. The lowest BCUT2D eigenvalue weighted by Crippen LogP contribution is -2.20. The van der Waals surface area contributed by atoms with Gasteiger partial charge in [-0.05, 0) is 20.3 Å². The molecule has 0 atom stereocenters. The first-order chi connectivity index (χ1) is 5.27. The van der Waals surface area contributed by atoms with Crippen molar-refractivity contribution in [3.05, 3.63) is 12.3 Å². The largest absolute Gasteiger partial charge is 0.495 e. The van der Waals surface area contributed by atoms with E-state index < -0.39 is 11.8 Å². The number of hydrogen-bond acceptors (Lipinski definition) is 1. The van der Waals surface area contributed by atoms with Gasteiger partial charge in [-0.3, -0.25) is 0 Å². The summed E-state index contributed by atoms with van der Waals surface area (Å²) in [4.78, 5) is 0. The van der Waals surface area contributed by atoms with E-state index in [-0.39, 0.29) is 6.08 Å². The van der Waals surface area contributed by atoms with Gasteiger partial charge in [0.1, 0.15) is 5.60 Å². The van der Waals surface area contributed by atoms with Gasteiger partial charge in [-0.1, -0.05) is 6.92 Å². The highest BCUT2D eigenvalue weighted by Gasteiger charge is 2.23. The third kappa shape index (κ3) is 6.07. The van der Waals surface area contributed by atoms with Crippen LogP contribution in [0.2, 0.25) is 0 Å². The van der Waals surface area contributed by atoms with Crippen molar-refractivity contribution in [2.24, 2.45) is 0 Å². The molecule has 12 heavy (non-hydrogen) atoms. The molecule has 0 fully saturated rings. The molecule has 4 heteroatoms. The van der Waals surface area contributed by atoms with Gasteiger partial charge in [0.2, 0.25) is 0 Å². The molecule has 0 radical (unpaired) electrons. The summed E-state index contributed by atoms with van der Waals surface area (Å²) >= 11 is 0. The van der Waals surface area contributed by atoms with Crippen LogP contribution in [0.15, 0.2) is 12.3 Å². The molecule has 0 aromatic rings. The fourth-order valence-electron chi connectivity index (χ4n) is 0.379. The van der Waals surface area contributed by atoms with Gasteiger partial charge < -0.3 is 4.74 Å². The van der Waals surface area contributed by atoms with Gasteiger partial charge in [0, 0.05) is 0 Å². The highest BCUT2D eigenvalue weighted by atomic mass is 19.4. The first-order valence-electron chi connectivity index (χ1n) is 3.69. The Morgan fingerprint density at radius 2 is 1.75 bits per heavy atom. The molecule has 0 aliphatic carbocycles. The number of ether oxygens (including phenoxy) is 1. The summed E-state index contributed by atoms with van der Waals surface area (Å²) in [6.45, 7) is 5.31.